The van der Waals surface area contributed by atoms with Gasteiger partial charge in [0.15, 0.2) is 0 Å². The Morgan fingerprint density at radius 2 is 2.14 bits per heavy atom. The van der Waals surface area contributed by atoms with Gasteiger partial charge in [0.25, 0.3) is 5.69 Å². The topological polar surface area (TPSA) is 118 Å². The highest BCUT2D eigenvalue weighted by atomic mass is 35.5. The fourth-order valence-electron chi connectivity index (χ4n) is 2.25. The minimum absolute atomic E-state index is 0.0540. The minimum atomic E-state index is -4.00. The molecule has 1 saturated heterocycles. The molecule has 2 rings (SSSR count). The first-order valence-electron chi connectivity index (χ1n) is 6.25. The van der Waals surface area contributed by atoms with Gasteiger partial charge in [-0.1, -0.05) is 11.6 Å². The van der Waals surface area contributed by atoms with Crippen LogP contribution in [0.4, 0.5) is 5.69 Å². The second-order valence-corrected chi connectivity index (χ2v) is 7.64. The number of rotatable bonds is 4. The van der Waals surface area contributed by atoms with Crippen LogP contribution in [0.3, 0.4) is 0 Å². The quantitative estimate of drug-likeness (QED) is 0.654. The van der Waals surface area contributed by atoms with Crippen molar-refractivity contribution < 1.29 is 23.2 Å². The van der Waals surface area contributed by atoms with Crippen LogP contribution in [-0.2, 0) is 14.8 Å². The third-order valence-corrected chi connectivity index (χ3v) is 6.03. The van der Waals surface area contributed by atoms with E-state index in [2.05, 4.69) is 0 Å². The summed E-state index contributed by atoms with van der Waals surface area (Å²) in [5, 5.41) is 19.5. The smallest absolute Gasteiger partial charge is 0.310 e. The number of nitrogens with zero attached hydrogens (tertiary/aromatic N) is 2. The summed E-state index contributed by atoms with van der Waals surface area (Å²) in [7, 11) is -4.00. The maximum atomic E-state index is 12.5. The van der Waals surface area contributed by atoms with Gasteiger partial charge in [-0.2, -0.15) is 4.31 Å². The number of aliphatic carboxylic acids is 1. The number of carboxylic acids is 1. The van der Waals surface area contributed by atoms with Crippen LogP contribution in [0.1, 0.15) is 13.3 Å². The van der Waals surface area contributed by atoms with Crippen LogP contribution >= 0.6 is 11.6 Å². The fourth-order valence-corrected chi connectivity index (χ4v) is 4.33. The number of non-ortho nitro benzene ring substituents is 1. The minimum Gasteiger partial charge on any atom is -0.481 e. The molecular weight excluding hydrogens is 336 g/mol. The molecule has 120 valence electrons. The van der Waals surface area contributed by atoms with Crippen LogP contribution in [0.2, 0.25) is 5.02 Å². The maximum absolute atomic E-state index is 12.5. The zero-order chi connectivity index (χ0) is 16.7. The number of carboxylic acid groups (broad SMARTS) is 1. The largest absolute Gasteiger partial charge is 0.481 e. The second kappa shape index (κ2) is 5.49. The molecule has 1 heterocycles. The molecule has 0 amide bonds. The monoisotopic (exact) mass is 348 g/mol. The molecule has 0 aromatic heterocycles. The summed E-state index contributed by atoms with van der Waals surface area (Å²) in [6.45, 7) is 1.36. The predicted molar refractivity (Wildman–Crippen MR) is 77.2 cm³/mol. The lowest BCUT2D eigenvalue weighted by molar-refractivity contribution is -0.384. The molecule has 1 aromatic rings. The Bertz CT molecular complexity index is 750. The van der Waals surface area contributed by atoms with Gasteiger partial charge in [-0.3, -0.25) is 14.9 Å². The van der Waals surface area contributed by atoms with E-state index in [0.717, 1.165) is 22.5 Å². The Morgan fingerprint density at radius 3 is 2.59 bits per heavy atom. The molecule has 8 nitrogen and oxygen atoms in total. The van der Waals surface area contributed by atoms with Gasteiger partial charge in [0.2, 0.25) is 10.0 Å². The van der Waals surface area contributed by atoms with Gasteiger partial charge in [0.1, 0.15) is 4.90 Å². The summed E-state index contributed by atoms with van der Waals surface area (Å²) in [5.41, 5.74) is -1.47. The fraction of sp³-hybridized carbons (Fsp3) is 0.417. The number of halogens is 1. The Hall–Kier alpha value is -1.71. The molecule has 1 fully saturated rings. The first-order chi connectivity index (χ1) is 10.1. The van der Waals surface area contributed by atoms with Crippen LogP contribution in [-0.4, -0.2) is 41.8 Å². The van der Waals surface area contributed by atoms with Crippen LogP contribution in [0.15, 0.2) is 23.1 Å². The third kappa shape index (κ3) is 2.79. The highest BCUT2D eigenvalue weighted by molar-refractivity contribution is 7.89. The molecule has 1 atom stereocenters. The van der Waals surface area contributed by atoms with E-state index < -0.39 is 26.3 Å². The molecule has 0 radical (unpaired) electrons. The molecule has 0 bridgehead atoms. The number of hydrogen-bond acceptors (Lipinski definition) is 5. The first kappa shape index (κ1) is 16.7. The number of nitro benzene ring substituents is 1. The molecule has 0 aliphatic carbocycles. The number of nitro groups is 1. The lowest BCUT2D eigenvalue weighted by Gasteiger charge is -2.20. The number of benzene rings is 1. The van der Waals surface area contributed by atoms with Crippen molar-refractivity contribution in [2.45, 2.75) is 18.2 Å². The molecule has 22 heavy (non-hydrogen) atoms. The van der Waals surface area contributed by atoms with Crippen molar-refractivity contribution in [1.82, 2.24) is 4.31 Å². The van der Waals surface area contributed by atoms with E-state index >= 15 is 0 Å². The summed E-state index contributed by atoms with van der Waals surface area (Å²) in [5.74, 6) is -1.07. The number of carbonyl (C=O) groups is 1. The summed E-state index contributed by atoms with van der Waals surface area (Å²) in [6.07, 6.45) is 0.187. The van der Waals surface area contributed by atoms with Crippen molar-refractivity contribution in [3.8, 4) is 0 Å². The van der Waals surface area contributed by atoms with E-state index in [0.29, 0.717) is 0 Å². The van der Waals surface area contributed by atoms with Crippen molar-refractivity contribution in [2.75, 3.05) is 13.1 Å². The van der Waals surface area contributed by atoms with E-state index in [-0.39, 0.29) is 35.1 Å². The molecule has 10 heteroatoms. The van der Waals surface area contributed by atoms with Gasteiger partial charge in [-0.05, 0) is 19.4 Å². The number of sulfonamides is 1. The van der Waals surface area contributed by atoms with Gasteiger partial charge in [-0.25, -0.2) is 8.42 Å². The highest BCUT2D eigenvalue weighted by Gasteiger charge is 2.45. The van der Waals surface area contributed by atoms with Gasteiger partial charge < -0.3 is 5.11 Å². The van der Waals surface area contributed by atoms with Crippen LogP contribution < -0.4 is 0 Å². The van der Waals surface area contributed by atoms with Crippen LogP contribution in [0, 0.1) is 15.5 Å². The van der Waals surface area contributed by atoms with E-state index in [9.17, 15) is 23.3 Å². The summed E-state index contributed by atoms with van der Waals surface area (Å²) >= 11 is 5.84. The molecule has 1 aliphatic heterocycles. The van der Waals surface area contributed by atoms with Crippen molar-refractivity contribution in [3.05, 3.63) is 33.3 Å². The average Bonchev–Trinajstić information content (AvgIpc) is 2.83. The zero-order valence-corrected chi connectivity index (χ0v) is 13.1. The van der Waals surface area contributed by atoms with E-state index in [1.54, 1.807) is 0 Å². The van der Waals surface area contributed by atoms with Gasteiger partial charge >= 0.3 is 5.97 Å². The third-order valence-electron chi connectivity index (χ3n) is 3.70. The standard InChI is InChI=1S/C12H13ClN2O6S/c1-12(11(16)17)4-5-14(7-12)22(20,21)10-3-2-8(15(18)19)6-9(10)13/h2-3,6H,4-5,7H2,1H3,(H,16,17). The molecule has 1 N–H and O–H groups in total. The van der Waals surface area contributed by atoms with Crippen LogP contribution in [0.25, 0.3) is 0 Å². The zero-order valence-electron chi connectivity index (χ0n) is 11.5. The van der Waals surface area contributed by atoms with E-state index in [1.165, 1.54) is 6.92 Å². The summed E-state index contributed by atoms with van der Waals surface area (Å²) in [6, 6.07) is 3.07. The summed E-state index contributed by atoms with van der Waals surface area (Å²) in [4.78, 5) is 20.9. The van der Waals surface area contributed by atoms with Crippen molar-refractivity contribution >= 4 is 33.3 Å². The van der Waals surface area contributed by atoms with Crippen LogP contribution in [0.5, 0.6) is 0 Å². The molecule has 1 aromatic carbocycles. The lowest BCUT2D eigenvalue weighted by Crippen LogP contribution is -2.35. The molecule has 1 unspecified atom stereocenters. The van der Waals surface area contributed by atoms with Crippen molar-refractivity contribution in [2.24, 2.45) is 5.41 Å². The van der Waals surface area contributed by atoms with Gasteiger partial charge in [-0.15, -0.1) is 0 Å². The van der Waals surface area contributed by atoms with Gasteiger partial charge in [0.05, 0.1) is 15.4 Å². The normalized spacial score (nSPS) is 22.6. The molecular formula is C12H13ClN2O6S. The Morgan fingerprint density at radius 1 is 1.50 bits per heavy atom. The maximum Gasteiger partial charge on any atom is 0.310 e. The lowest BCUT2D eigenvalue weighted by atomic mass is 9.90. The van der Waals surface area contributed by atoms with Gasteiger partial charge in [0, 0.05) is 25.2 Å². The SMILES string of the molecule is CC1(C(=O)O)CCN(S(=O)(=O)c2ccc([N+](=O)[O-])cc2Cl)C1. The average molecular weight is 349 g/mol. The Kier molecular flexibility index (Phi) is 4.16. The van der Waals surface area contributed by atoms with E-state index in [1.807, 2.05) is 0 Å². The van der Waals surface area contributed by atoms with E-state index in [4.69, 9.17) is 16.7 Å². The summed E-state index contributed by atoms with van der Waals surface area (Å²) < 4.78 is 26.1. The Balaban J connectivity index is 2.36. The number of hydrogen-bond donors (Lipinski definition) is 1. The molecule has 1 aliphatic rings. The first-order valence-corrected chi connectivity index (χ1v) is 8.07. The Labute approximate surface area is 131 Å². The molecule has 0 spiro atoms. The highest BCUT2D eigenvalue weighted by Crippen LogP contribution is 2.36. The van der Waals surface area contributed by atoms with Crippen molar-refractivity contribution in [1.29, 1.82) is 0 Å². The predicted octanol–water partition coefficient (Wildman–Crippen LogP) is 1.73. The molecule has 0 saturated carbocycles. The van der Waals surface area contributed by atoms with Crippen molar-refractivity contribution in [3.63, 3.8) is 0 Å². The second-order valence-electron chi connectivity index (χ2n) is 5.33.